The van der Waals surface area contributed by atoms with E-state index in [9.17, 15) is 14.0 Å². The Bertz CT molecular complexity index is 604. The first kappa shape index (κ1) is 17.6. The minimum Gasteiger partial charge on any atom is -0.598 e. The highest BCUT2D eigenvalue weighted by molar-refractivity contribution is 7.90. The van der Waals surface area contributed by atoms with Gasteiger partial charge in [0.2, 0.25) is 0 Å². The fraction of sp³-hybridized carbons (Fsp3) is 0.467. The summed E-state index contributed by atoms with van der Waals surface area (Å²) < 4.78 is 28.2. The van der Waals surface area contributed by atoms with Crippen LogP contribution in [0.15, 0.2) is 17.7 Å². The molecule has 0 amide bonds. The number of halogens is 2. The average Bonchev–Trinajstić information content (AvgIpc) is 2.38. The van der Waals surface area contributed by atoms with E-state index in [-0.39, 0.29) is 11.1 Å². The molecule has 122 valence electrons. The highest BCUT2D eigenvalue weighted by Gasteiger charge is 2.31. The molecule has 2 rings (SSSR count). The number of hydrogen-bond acceptors (Lipinski definition) is 4. The van der Waals surface area contributed by atoms with Crippen LogP contribution in [0.5, 0.6) is 0 Å². The topological polar surface area (TPSA) is 67.3 Å². The molecule has 0 saturated carbocycles. The van der Waals surface area contributed by atoms with Crippen molar-refractivity contribution in [3.05, 3.63) is 34.1 Å². The Hall–Kier alpha value is -0.790. The number of rotatable bonds is 3. The van der Waals surface area contributed by atoms with Crippen molar-refractivity contribution in [3.63, 3.8) is 0 Å². The average molecular weight is 347 g/mol. The van der Waals surface area contributed by atoms with Crippen molar-refractivity contribution >= 4 is 34.7 Å². The van der Waals surface area contributed by atoms with Gasteiger partial charge < -0.3 is 15.0 Å². The molecule has 0 aromatic heterocycles. The highest BCUT2D eigenvalue weighted by Crippen LogP contribution is 2.32. The summed E-state index contributed by atoms with van der Waals surface area (Å²) in [4.78, 5) is 0. The molecule has 2 unspecified atom stereocenters. The fourth-order valence-corrected chi connectivity index (χ4v) is 3.05. The lowest BCUT2D eigenvalue weighted by Gasteiger charge is -2.31. The van der Waals surface area contributed by atoms with Crippen molar-refractivity contribution in [2.45, 2.75) is 44.7 Å². The SMILES string of the molecule is C[C@H](N[S+]([O-])C(C)(C)C)C1=Cc2cc(Cl)c(F)cc2NC1O. The first-order valence-corrected chi connectivity index (χ1v) is 8.45. The molecule has 3 atom stereocenters. The standard InChI is InChI=1S/C15H20ClFN2O2S/c1-8(19-22(21)15(2,3)4)10-5-9-6-11(16)12(17)7-13(9)18-14(10)20/h5-8,14,18-20H,1-4H3/t8-,14?,22?/m0/s1. The maximum absolute atomic E-state index is 13.5. The smallest absolute Gasteiger partial charge is 0.148 e. The van der Waals surface area contributed by atoms with Gasteiger partial charge in [0.1, 0.15) is 16.8 Å². The van der Waals surface area contributed by atoms with Gasteiger partial charge >= 0.3 is 0 Å². The van der Waals surface area contributed by atoms with Crippen LogP contribution >= 0.6 is 11.6 Å². The number of nitrogens with one attached hydrogen (secondary N) is 2. The van der Waals surface area contributed by atoms with Gasteiger partial charge in [-0.05, 0) is 51.5 Å². The third-order valence-corrected chi connectivity index (χ3v) is 5.33. The molecule has 1 aromatic carbocycles. The molecule has 1 aliphatic heterocycles. The summed E-state index contributed by atoms with van der Waals surface area (Å²) in [5.74, 6) is -0.544. The van der Waals surface area contributed by atoms with Crippen molar-refractivity contribution in [1.29, 1.82) is 0 Å². The lowest BCUT2D eigenvalue weighted by Crippen LogP contribution is -2.46. The highest BCUT2D eigenvalue weighted by atomic mass is 35.5. The number of hydrogen-bond donors (Lipinski definition) is 3. The van der Waals surface area contributed by atoms with Crippen LogP contribution < -0.4 is 10.0 Å². The third-order valence-electron chi connectivity index (χ3n) is 3.36. The number of aliphatic hydroxyl groups excluding tert-OH is 1. The van der Waals surface area contributed by atoms with E-state index in [2.05, 4.69) is 10.0 Å². The van der Waals surface area contributed by atoms with E-state index in [0.717, 1.165) is 0 Å². The lowest BCUT2D eigenvalue weighted by molar-refractivity contribution is 0.231. The van der Waals surface area contributed by atoms with Gasteiger partial charge in [-0.3, -0.25) is 0 Å². The van der Waals surface area contributed by atoms with Crippen molar-refractivity contribution in [1.82, 2.24) is 4.72 Å². The van der Waals surface area contributed by atoms with Crippen LogP contribution in [0.1, 0.15) is 33.3 Å². The molecular weight excluding hydrogens is 327 g/mol. The number of fused-ring (bicyclic) bond motifs is 1. The molecule has 0 spiro atoms. The number of anilines is 1. The van der Waals surface area contributed by atoms with Crippen molar-refractivity contribution < 1.29 is 14.0 Å². The second-order valence-electron chi connectivity index (χ2n) is 6.27. The fourth-order valence-electron chi connectivity index (χ4n) is 2.06. The van der Waals surface area contributed by atoms with Crippen LogP contribution in [-0.4, -0.2) is 26.7 Å². The van der Waals surface area contributed by atoms with Gasteiger partial charge in [0.05, 0.1) is 11.1 Å². The number of aliphatic hydroxyl groups is 1. The zero-order chi connectivity index (χ0) is 16.7. The first-order valence-electron chi connectivity index (χ1n) is 6.93. The Labute approximate surface area is 138 Å². The molecule has 22 heavy (non-hydrogen) atoms. The van der Waals surface area contributed by atoms with Gasteiger partial charge in [0, 0.05) is 22.6 Å². The molecule has 3 N–H and O–H groups in total. The van der Waals surface area contributed by atoms with Crippen LogP contribution in [0.25, 0.3) is 6.08 Å². The van der Waals surface area contributed by atoms with Crippen LogP contribution in [0.2, 0.25) is 5.02 Å². The molecule has 7 heteroatoms. The molecule has 1 aromatic rings. The molecule has 4 nitrogen and oxygen atoms in total. The van der Waals surface area contributed by atoms with Gasteiger partial charge in [-0.2, -0.15) is 0 Å². The van der Waals surface area contributed by atoms with Crippen molar-refractivity contribution in [2.75, 3.05) is 5.32 Å². The van der Waals surface area contributed by atoms with E-state index < -0.39 is 28.2 Å². The molecule has 1 aliphatic rings. The van der Waals surface area contributed by atoms with Gasteiger partial charge in [0.15, 0.2) is 0 Å². The van der Waals surface area contributed by atoms with E-state index in [1.807, 2.05) is 27.7 Å². The summed E-state index contributed by atoms with van der Waals surface area (Å²) in [6.07, 6.45) is 0.756. The summed E-state index contributed by atoms with van der Waals surface area (Å²) in [7, 11) is 0. The summed E-state index contributed by atoms with van der Waals surface area (Å²) >= 11 is 4.53. The normalized spacial score (nSPS) is 20.7. The second-order valence-corrected chi connectivity index (χ2v) is 8.67. The van der Waals surface area contributed by atoms with Gasteiger partial charge in [-0.15, -0.1) is 4.72 Å². The first-order chi connectivity index (χ1) is 10.1. The Kier molecular flexibility index (Phi) is 5.09. The third kappa shape index (κ3) is 3.75. The Morgan fingerprint density at radius 1 is 1.45 bits per heavy atom. The largest absolute Gasteiger partial charge is 0.598 e. The molecule has 0 aliphatic carbocycles. The summed E-state index contributed by atoms with van der Waals surface area (Å²) in [5.41, 5.74) is 1.77. The minimum atomic E-state index is -1.27. The van der Waals surface area contributed by atoms with Gasteiger partial charge in [0.25, 0.3) is 0 Å². The zero-order valence-electron chi connectivity index (χ0n) is 12.9. The van der Waals surface area contributed by atoms with E-state index in [4.69, 9.17) is 11.6 Å². The van der Waals surface area contributed by atoms with Crippen molar-refractivity contribution in [3.8, 4) is 0 Å². The maximum Gasteiger partial charge on any atom is 0.148 e. The summed E-state index contributed by atoms with van der Waals surface area (Å²) in [6, 6.07) is 2.43. The van der Waals surface area contributed by atoms with Crippen molar-refractivity contribution in [2.24, 2.45) is 0 Å². The van der Waals surface area contributed by atoms with Crippen LogP contribution in [0, 0.1) is 5.82 Å². The van der Waals surface area contributed by atoms with Gasteiger partial charge in [-0.1, -0.05) is 11.6 Å². The van der Waals surface area contributed by atoms with E-state index >= 15 is 0 Å². The zero-order valence-corrected chi connectivity index (χ0v) is 14.5. The predicted molar refractivity (Wildman–Crippen MR) is 89.5 cm³/mol. The van der Waals surface area contributed by atoms with E-state index in [1.54, 1.807) is 6.08 Å². The van der Waals surface area contributed by atoms with Gasteiger partial charge in [-0.25, -0.2) is 4.39 Å². The van der Waals surface area contributed by atoms with E-state index in [0.29, 0.717) is 16.8 Å². The molecule has 0 bridgehead atoms. The Morgan fingerprint density at radius 3 is 2.68 bits per heavy atom. The van der Waals surface area contributed by atoms with Crippen LogP contribution in [0.3, 0.4) is 0 Å². The predicted octanol–water partition coefficient (Wildman–Crippen LogP) is 3.05. The Morgan fingerprint density at radius 2 is 2.09 bits per heavy atom. The molecule has 0 saturated heterocycles. The molecule has 0 radical (unpaired) electrons. The number of benzene rings is 1. The lowest BCUT2D eigenvalue weighted by atomic mass is 9.98. The Balaban J connectivity index is 2.26. The quantitative estimate of drug-likeness (QED) is 0.736. The summed E-state index contributed by atoms with van der Waals surface area (Å²) in [6.45, 7) is 7.41. The van der Waals surface area contributed by atoms with E-state index in [1.165, 1.54) is 12.1 Å². The van der Waals surface area contributed by atoms with Crippen LogP contribution in [0.4, 0.5) is 10.1 Å². The summed E-state index contributed by atoms with van der Waals surface area (Å²) in [5, 5.41) is 13.0. The molecular formula is C15H20ClFN2O2S. The maximum atomic E-state index is 13.5. The second kappa shape index (κ2) is 6.37. The van der Waals surface area contributed by atoms with Crippen LogP contribution in [-0.2, 0) is 11.4 Å². The monoisotopic (exact) mass is 346 g/mol. The molecule has 0 fully saturated rings. The molecule has 1 heterocycles. The minimum absolute atomic E-state index is 0.0198.